The highest BCUT2D eigenvalue weighted by molar-refractivity contribution is 7.14. The number of carbonyl (C=O) groups is 1. The van der Waals surface area contributed by atoms with Gasteiger partial charge in [0.2, 0.25) is 0 Å². The number of carbonyl (C=O) groups excluding carboxylic acids is 1. The maximum absolute atomic E-state index is 13.1. The Morgan fingerprint density at radius 3 is 2.74 bits per heavy atom. The summed E-state index contributed by atoms with van der Waals surface area (Å²) in [4.78, 5) is 17.1. The van der Waals surface area contributed by atoms with Gasteiger partial charge in [0.05, 0.1) is 17.7 Å². The van der Waals surface area contributed by atoms with Crippen molar-refractivity contribution in [3.8, 4) is 5.75 Å². The summed E-state index contributed by atoms with van der Waals surface area (Å²) in [5.41, 5.74) is 4.66. The smallest absolute Gasteiger partial charge is 0.268 e. The summed E-state index contributed by atoms with van der Waals surface area (Å²) in [7, 11) is 1.67. The van der Waals surface area contributed by atoms with Crippen LogP contribution in [0.4, 0.5) is 5.69 Å². The number of anilines is 1. The van der Waals surface area contributed by atoms with E-state index in [0.717, 1.165) is 42.1 Å². The second-order valence-corrected chi connectivity index (χ2v) is 7.18. The van der Waals surface area contributed by atoms with Crippen molar-refractivity contribution in [2.24, 2.45) is 0 Å². The number of hydrogen-bond acceptors (Lipinski definition) is 3. The minimum atomic E-state index is 0.0997. The average Bonchev–Trinajstić information content (AvgIpc) is 2.95. The molecule has 0 fully saturated rings. The zero-order valence-electron chi connectivity index (χ0n) is 14.2. The molecule has 122 valence electrons. The maximum atomic E-state index is 13.1. The molecule has 0 N–H and O–H groups in total. The first-order valence-electron chi connectivity index (χ1n) is 8.14. The molecule has 0 spiro atoms. The molecular weight excluding hydrogens is 306 g/mol. The van der Waals surface area contributed by atoms with E-state index in [2.05, 4.69) is 26.8 Å². The van der Waals surface area contributed by atoms with Gasteiger partial charge in [-0.25, -0.2) is 0 Å². The fourth-order valence-electron chi connectivity index (χ4n) is 3.33. The number of rotatable bonds is 3. The number of ether oxygens (including phenoxy) is 1. The zero-order chi connectivity index (χ0) is 16.6. The lowest BCUT2D eigenvalue weighted by Gasteiger charge is -2.31. The fourth-order valence-corrected chi connectivity index (χ4v) is 4.39. The highest BCUT2D eigenvalue weighted by atomic mass is 32.1. The van der Waals surface area contributed by atoms with E-state index in [0.29, 0.717) is 0 Å². The number of nitrogens with zero attached hydrogens (tertiary/aromatic N) is 1. The Hall–Kier alpha value is -1.81. The lowest BCUT2D eigenvalue weighted by Crippen LogP contribution is -2.35. The molecule has 0 bridgehead atoms. The topological polar surface area (TPSA) is 29.5 Å². The Kier molecular flexibility index (Phi) is 4.44. The third-order valence-corrected chi connectivity index (χ3v) is 5.95. The standard InChI is InChI=1S/C19H23NO2S/c1-5-16-13(3)11-17(23-16)19(21)20-10-6-7-14-12(2)8-9-15(22-4)18(14)20/h8-9,11H,5-7,10H2,1-4H3. The molecule has 3 rings (SSSR count). The van der Waals surface area contributed by atoms with Crippen LogP contribution >= 0.6 is 11.3 Å². The Morgan fingerprint density at radius 2 is 2.09 bits per heavy atom. The summed E-state index contributed by atoms with van der Waals surface area (Å²) in [6, 6.07) is 6.08. The minimum absolute atomic E-state index is 0.0997. The number of methoxy groups -OCH3 is 1. The van der Waals surface area contributed by atoms with Crippen LogP contribution in [-0.4, -0.2) is 19.6 Å². The van der Waals surface area contributed by atoms with E-state index in [1.54, 1.807) is 18.4 Å². The first kappa shape index (κ1) is 16.1. The first-order chi connectivity index (χ1) is 11.1. The second kappa shape index (κ2) is 6.36. The molecule has 0 radical (unpaired) electrons. The van der Waals surface area contributed by atoms with Gasteiger partial charge in [-0.3, -0.25) is 4.79 Å². The summed E-state index contributed by atoms with van der Waals surface area (Å²) >= 11 is 1.62. The molecular formula is C19H23NO2S. The zero-order valence-corrected chi connectivity index (χ0v) is 15.0. The molecule has 1 aromatic heterocycles. The van der Waals surface area contributed by atoms with E-state index in [1.807, 2.05) is 17.0 Å². The van der Waals surface area contributed by atoms with Crippen molar-refractivity contribution in [3.63, 3.8) is 0 Å². The number of fused-ring (bicyclic) bond motifs is 1. The van der Waals surface area contributed by atoms with Gasteiger partial charge in [-0.1, -0.05) is 13.0 Å². The molecule has 2 heterocycles. The maximum Gasteiger partial charge on any atom is 0.268 e. The van der Waals surface area contributed by atoms with Crippen LogP contribution in [0.15, 0.2) is 18.2 Å². The van der Waals surface area contributed by atoms with Crippen LogP contribution in [0.5, 0.6) is 5.75 Å². The normalized spacial score (nSPS) is 13.8. The number of aryl methyl sites for hydroxylation is 3. The largest absolute Gasteiger partial charge is 0.495 e. The second-order valence-electron chi connectivity index (χ2n) is 6.04. The highest BCUT2D eigenvalue weighted by Crippen LogP contribution is 2.39. The molecule has 1 aromatic carbocycles. The van der Waals surface area contributed by atoms with Crippen LogP contribution in [0.2, 0.25) is 0 Å². The number of hydrogen-bond donors (Lipinski definition) is 0. The average molecular weight is 329 g/mol. The molecule has 1 aliphatic heterocycles. The van der Waals surface area contributed by atoms with Crippen LogP contribution in [0, 0.1) is 13.8 Å². The molecule has 0 saturated heterocycles. The highest BCUT2D eigenvalue weighted by Gasteiger charge is 2.29. The van der Waals surface area contributed by atoms with Gasteiger partial charge < -0.3 is 9.64 Å². The molecule has 3 nitrogen and oxygen atoms in total. The van der Waals surface area contributed by atoms with Crippen LogP contribution in [0.1, 0.15) is 44.6 Å². The van der Waals surface area contributed by atoms with Gasteiger partial charge >= 0.3 is 0 Å². The Bertz CT molecular complexity index is 748. The van der Waals surface area contributed by atoms with Crippen molar-refractivity contribution in [3.05, 3.63) is 44.6 Å². The van der Waals surface area contributed by atoms with E-state index in [9.17, 15) is 4.79 Å². The fraction of sp³-hybridized carbons (Fsp3) is 0.421. The van der Waals surface area contributed by atoms with Crippen molar-refractivity contribution in [2.75, 3.05) is 18.6 Å². The minimum Gasteiger partial charge on any atom is -0.495 e. The lowest BCUT2D eigenvalue weighted by atomic mass is 9.96. The predicted octanol–water partition coefficient (Wildman–Crippen LogP) is 4.53. The summed E-state index contributed by atoms with van der Waals surface area (Å²) in [5, 5.41) is 0. The van der Waals surface area contributed by atoms with E-state index in [1.165, 1.54) is 21.6 Å². The molecule has 0 unspecified atom stereocenters. The van der Waals surface area contributed by atoms with Gasteiger partial charge in [0.25, 0.3) is 5.91 Å². The molecule has 0 aliphatic carbocycles. The third kappa shape index (κ3) is 2.76. The van der Waals surface area contributed by atoms with Crippen molar-refractivity contribution < 1.29 is 9.53 Å². The van der Waals surface area contributed by atoms with Crippen molar-refractivity contribution in [1.29, 1.82) is 0 Å². The SMILES string of the molecule is CCc1sc(C(=O)N2CCCc3c(C)ccc(OC)c32)cc1C. The van der Waals surface area contributed by atoms with Gasteiger partial charge in [0.15, 0.2) is 0 Å². The quantitative estimate of drug-likeness (QED) is 0.828. The Labute approximate surface area is 141 Å². The summed E-state index contributed by atoms with van der Waals surface area (Å²) in [6.07, 6.45) is 2.98. The molecule has 2 aromatic rings. The van der Waals surface area contributed by atoms with E-state index >= 15 is 0 Å². The number of benzene rings is 1. The monoisotopic (exact) mass is 329 g/mol. The van der Waals surface area contributed by atoms with Gasteiger partial charge in [-0.2, -0.15) is 0 Å². The van der Waals surface area contributed by atoms with Gasteiger partial charge in [0.1, 0.15) is 5.75 Å². The molecule has 1 amide bonds. The van der Waals surface area contributed by atoms with Gasteiger partial charge in [-0.15, -0.1) is 11.3 Å². The van der Waals surface area contributed by atoms with E-state index in [-0.39, 0.29) is 5.91 Å². The Balaban J connectivity index is 2.05. The molecule has 1 aliphatic rings. The van der Waals surface area contributed by atoms with Crippen molar-refractivity contribution >= 4 is 22.9 Å². The molecule has 0 saturated carbocycles. The van der Waals surface area contributed by atoms with Gasteiger partial charge in [0, 0.05) is 11.4 Å². The molecule has 4 heteroatoms. The first-order valence-corrected chi connectivity index (χ1v) is 8.96. The van der Waals surface area contributed by atoms with Crippen LogP contribution in [0.3, 0.4) is 0 Å². The summed E-state index contributed by atoms with van der Waals surface area (Å²) in [6.45, 7) is 7.08. The van der Waals surface area contributed by atoms with E-state index in [4.69, 9.17) is 4.74 Å². The predicted molar refractivity (Wildman–Crippen MR) is 96.2 cm³/mol. The molecule has 23 heavy (non-hydrogen) atoms. The number of thiophene rings is 1. The van der Waals surface area contributed by atoms with Gasteiger partial charge in [-0.05, 0) is 61.9 Å². The third-order valence-electron chi connectivity index (χ3n) is 4.58. The van der Waals surface area contributed by atoms with Crippen LogP contribution < -0.4 is 9.64 Å². The van der Waals surface area contributed by atoms with Crippen molar-refractivity contribution in [1.82, 2.24) is 0 Å². The van der Waals surface area contributed by atoms with Crippen LogP contribution in [0.25, 0.3) is 0 Å². The van der Waals surface area contributed by atoms with Crippen molar-refractivity contribution in [2.45, 2.75) is 40.0 Å². The number of amides is 1. The lowest BCUT2D eigenvalue weighted by molar-refractivity contribution is 0.0988. The summed E-state index contributed by atoms with van der Waals surface area (Å²) in [5.74, 6) is 0.894. The van der Waals surface area contributed by atoms with Crippen LogP contribution in [-0.2, 0) is 12.8 Å². The Morgan fingerprint density at radius 1 is 1.30 bits per heavy atom. The van der Waals surface area contributed by atoms with E-state index < -0.39 is 0 Å². The molecule has 0 atom stereocenters. The summed E-state index contributed by atoms with van der Waals surface area (Å²) < 4.78 is 5.54.